The van der Waals surface area contributed by atoms with Crippen molar-refractivity contribution in [2.75, 3.05) is 0 Å². The van der Waals surface area contributed by atoms with Crippen molar-refractivity contribution in [3.05, 3.63) is 30.1 Å². The number of hydrogen-bond acceptors (Lipinski definition) is 2. The molecule has 0 spiro atoms. The van der Waals surface area contributed by atoms with Crippen LogP contribution in [0, 0.1) is 0 Å². The lowest BCUT2D eigenvalue weighted by molar-refractivity contribution is 0.460. The van der Waals surface area contributed by atoms with Gasteiger partial charge in [-0.25, -0.2) is 0 Å². The van der Waals surface area contributed by atoms with Gasteiger partial charge in [-0.2, -0.15) is 0 Å². The second kappa shape index (κ2) is 4.56. The summed E-state index contributed by atoms with van der Waals surface area (Å²) in [5.41, 5.74) is 1.29. The fourth-order valence-corrected chi connectivity index (χ4v) is 2.17. The summed E-state index contributed by atoms with van der Waals surface area (Å²) in [5, 5.41) is 3.66. The lowest BCUT2D eigenvalue weighted by Crippen LogP contribution is -2.28. The zero-order valence-corrected chi connectivity index (χ0v) is 8.74. The summed E-state index contributed by atoms with van der Waals surface area (Å²) in [4.78, 5) is 4.14. The molecule has 0 aromatic carbocycles. The van der Waals surface area contributed by atoms with E-state index in [2.05, 4.69) is 23.3 Å². The van der Waals surface area contributed by atoms with Crippen LogP contribution in [0.5, 0.6) is 0 Å². The summed E-state index contributed by atoms with van der Waals surface area (Å²) in [6, 6.07) is 5.30. The summed E-state index contributed by atoms with van der Waals surface area (Å²) in [6.45, 7) is 2.22. The van der Waals surface area contributed by atoms with E-state index in [1.807, 2.05) is 18.5 Å². The van der Waals surface area contributed by atoms with Crippen molar-refractivity contribution in [2.45, 2.75) is 44.7 Å². The van der Waals surface area contributed by atoms with Gasteiger partial charge in [0, 0.05) is 24.5 Å². The van der Waals surface area contributed by atoms with Gasteiger partial charge in [0.2, 0.25) is 0 Å². The van der Waals surface area contributed by atoms with Crippen LogP contribution >= 0.6 is 0 Å². The third kappa shape index (κ3) is 2.32. The Morgan fingerprint density at radius 2 is 2.21 bits per heavy atom. The minimum absolute atomic E-state index is 0.437. The molecule has 1 N–H and O–H groups in total. The van der Waals surface area contributed by atoms with Crippen molar-refractivity contribution in [3.8, 4) is 0 Å². The maximum atomic E-state index is 4.14. The van der Waals surface area contributed by atoms with Crippen LogP contribution in [0.25, 0.3) is 0 Å². The van der Waals surface area contributed by atoms with Crippen LogP contribution in [0.2, 0.25) is 0 Å². The summed E-state index contributed by atoms with van der Waals surface area (Å²) < 4.78 is 0. The van der Waals surface area contributed by atoms with E-state index in [1.165, 1.54) is 31.2 Å². The minimum Gasteiger partial charge on any atom is -0.307 e. The lowest BCUT2D eigenvalue weighted by Gasteiger charge is -2.18. The Labute approximate surface area is 85.7 Å². The topological polar surface area (TPSA) is 24.9 Å². The molecule has 2 rings (SSSR count). The average Bonchev–Trinajstić information content (AvgIpc) is 2.72. The first-order chi connectivity index (χ1) is 6.86. The van der Waals surface area contributed by atoms with E-state index in [0.29, 0.717) is 6.04 Å². The molecule has 0 amide bonds. The molecule has 1 aliphatic carbocycles. The SMILES string of the molecule is CC(NC1CCCC1)c1cccnc1. The van der Waals surface area contributed by atoms with Crippen molar-refractivity contribution >= 4 is 0 Å². The molecule has 0 aliphatic heterocycles. The van der Waals surface area contributed by atoms with E-state index in [9.17, 15) is 0 Å². The van der Waals surface area contributed by atoms with Crippen LogP contribution in [0.4, 0.5) is 0 Å². The summed E-state index contributed by atoms with van der Waals surface area (Å²) in [7, 11) is 0. The molecule has 1 aromatic rings. The normalized spacial score (nSPS) is 19.8. The smallest absolute Gasteiger partial charge is 0.0315 e. The second-order valence-corrected chi connectivity index (χ2v) is 4.16. The monoisotopic (exact) mass is 190 g/mol. The molecule has 0 bridgehead atoms. The van der Waals surface area contributed by atoms with Crippen LogP contribution in [-0.2, 0) is 0 Å². The van der Waals surface area contributed by atoms with Crippen LogP contribution in [0.3, 0.4) is 0 Å². The lowest BCUT2D eigenvalue weighted by atomic mass is 10.1. The van der Waals surface area contributed by atoms with Gasteiger partial charge in [0.1, 0.15) is 0 Å². The fraction of sp³-hybridized carbons (Fsp3) is 0.583. The van der Waals surface area contributed by atoms with E-state index >= 15 is 0 Å². The Morgan fingerprint density at radius 3 is 2.86 bits per heavy atom. The third-order valence-corrected chi connectivity index (χ3v) is 3.03. The highest BCUT2D eigenvalue weighted by atomic mass is 14.9. The third-order valence-electron chi connectivity index (χ3n) is 3.03. The van der Waals surface area contributed by atoms with Gasteiger partial charge in [-0.3, -0.25) is 4.98 Å². The minimum atomic E-state index is 0.437. The van der Waals surface area contributed by atoms with Crippen LogP contribution in [0.15, 0.2) is 24.5 Å². The molecular weight excluding hydrogens is 172 g/mol. The van der Waals surface area contributed by atoms with E-state index in [-0.39, 0.29) is 0 Å². The first-order valence-corrected chi connectivity index (χ1v) is 5.52. The zero-order chi connectivity index (χ0) is 9.80. The van der Waals surface area contributed by atoms with Gasteiger partial charge in [0.05, 0.1) is 0 Å². The van der Waals surface area contributed by atoms with Crippen LogP contribution in [0.1, 0.15) is 44.2 Å². The molecule has 1 aliphatic rings. The predicted molar refractivity (Wildman–Crippen MR) is 58.0 cm³/mol. The van der Waals surface area contributed by atoms with Crippen LogP contribution < -0.4 is 5.32 Å². The number of pyridine rings is 1. The van der Waals surface area contributed by atoms with Gasteiger partial charge >= 0.3 is 0 Å². The van der Waals surface area contributed by atoms with Crippen molar-refractivity contribution in [2.24, 2.45) is 0 Å². The molecular formula is C12H18N2. The molecule has 1 saturated carbocycles. The number of aromatic nitrogens is 1. The van der Waals surface area contributed by atoms with Crippen LogP contribution in [-0.4, -0.2) is 11.0 Å². The number of rotatable bonds is 3. The summed E-state index contributed by atoms with van der Waals surface area (Å²) >= 11 is 0. The molecule has 0 saturated heterocycles. The first-order valence-electron chi connectivity index (χ1n) is 5.52. The molecule has 2 heteroatoms. The van der Waals surface area contributed by atoms with E-state index in [0.717, 1.165) is 6.04 Å². The Balaban J connectivity index is 1.92. The Kier molecular flexibility index (Phi) is 3.14. The standard InChI is InChI=1S/C12H18N2/c1-10(11-5-4-8-13-9-11)14-12-6-2-3-7-12/h4-5,8-10,12,14H,2-3,6-7H2,1H3. The van der Waals surface area contributed by atoms with Gasteiger partial charge in [0.25, 0.3) is 0 Å². The van der Waals surface area contributed by atoms with Crippen molar-refractivity contribution in [1.29, 1.82) is 0 Å². The molecule has 1 unspecified atom stereocenters. The molecule has 14 heavy (non-hydrogen) atoms. The predicted octanol–water partition coefficient (Wildman–Crippen LogP) is 2.67. The average molecular weight is 190 g/mol. The highest BCUT2D eigenvalue weighted by Gasteiger charge is 2.17. The highest BCUT2D eigenvalue weighted by molar-refractivity contribution is 5.13. The summed E-state index contributed by atoms with van der Waals surface area (Å²) in [5.74, 6) is 0. The maximum Gasteiger partial charge on any atom is 0.0315 e. The molecule has 1 aromatic heterocycles. The zero-order valence-electron chi connectivity index (χ0n) is 8.74. The first kappa shape index (κ1) is 9.66. The summed E-state index contributed by atoms with van der Waals surface area (Å²) in [6.07, 6.45) is 9.22. The quantitative estimate of drug-likeness (QED) is 0.792. The van der Waals surface area contributed by atoms with E-state index in [4.69, 9.17) is 0 Å². The van der Waals surface area contributed by atoms with Gasteiger partial charge < -0.3 is 5.32 Å². The molecule has 76 valence electrons. The Hall–Kier alpha value is -0.890. The molecule has 0 radical (unpaired) electrons. The van der Waals surface area contributed by atoms with E-state index in [1.54, 1.807) is 0 Å². The number of nitrogens with one attached hydrogen (secondary N) is 1. The Bertz CT molecular complexity index is 265. The fourth-order valence-electron chi connectivity index (χ4n) is 2.17. The second-order valence-electron chi connectivity index (χ2n) is 4.16. The van der Waals surface area contributed by atoms with Gasteiger partial charge in [-0.15, -0.1) is 0 Å². The maximum absolute atomic E-state index is 4.14. The van der Waals surface area contributed by atoms with Gasteiger partial charge in [-0.05, 0) is 31.4 Å². The van der Waals surface area contributed by atoms with Gasteiger partial charge in [0.15, 0.2) is 0 Å². The molecule has 2 nitrogen and oxygen atoms in total. The molecule has 1 atom stereocenters. The molecule has 1 fully saturated rings. The molecule has 1 heterocycles. The largest absolute Gasteiger partial charge is 0.307 e. The Morgan fingerprint density at radius 1 is 1.43 bits per heavy atom. The van der Waals surface area contributed by atoms with Crippen molar-refractivity contribution in [3.63, 3.8) is 0 Å². The number of hydrogen-bond donors (Lipinski definition) is 1. The van der Waals surface area contributed by atoms with Gasteiger partial charge in [-0.1, -0.05) is 18.9 Å². The number of nitrogens with zero attached hydrogens (tertiary/aromatic N) is 1. The van der Waals surface area contributed by atoms with E-state index < -0.39 is 0 Å². The van der Waals surface area contributed by atoms with Crippen molar-refractivity contribution < 1.29 is 0 Å². The van der Waals surface area contributed by atoms with Crippen molar-refractivity contribution in [1.82, 2.24) is 10.3 Å². The highest BCUT2D eigenvalue weighted by Crippen LogP contribution is 2.21.